The van der Waals surface area contributed by atoms with Crippen molar-refractivity contribution in [2.45, 2.75) is 46.1 Å². The van der Waals surface area contributed by atoms with Crippen molar-refractivity contribution >= 4 is 21.6 Å². The fraction of sp³-hybridized carbons (Fsp3) is 0.478. The number of unbranched alkanes of at least 4 members (excludes halogenated alkanes) is 1. The van der Waals surface area contributed by atoms with Crippen LogP contribution in [0.2, 0.25) is 0 Å². The molecule has 0 unspecified atom stereocenters. The maximum Gasteiger partial charge on any atom is 0.338 e. The Hall–Kier alpha value is -2.61. The smallest absolute Gasteiger partial charge is 0.338 e. The van der Waals surface area contributed by atoms with Crippen LogP contribution in [-0.4, -0.2) is 49.5 Å². The van der Waals surface area contributed by atoms with Crippen LogP contribution < -0.4 is 4.74 Å². The first-order chi connectivity index (χ1) is 14.7. The van der Waals surface area contributed by atoms with Gasteiger partial charge in [0, 0.05) is 23.0 Å². The Bertz CT molecular complexity index is 1050. The number of ether oxygens (including phenoxy) is 2. The average molecular weight is 448 g/mol. The molecule has 2 aromatic rings. The number of hydrogen-bond donors (Lipinski definition) is 0. The molecule has 8 heteroatoms. The van der Waals surface area contributed by atoms with Gasteiger partial charge in [-0.05, 0) is 57.0 Å². The molecule has 7 nitrogen and oxygen atoms in total. The maximum absolute atomic E-state index is 12.7. The highest BCUT2D eigenvalue weighted by Crippen LogP contribution is 2.29. The summed E-state index contributed by atoms with van der Waals surface area (Å²) in [5.74, 6) is 0.0435. The quantitative estimate of drug-likeness (QED) is 0.331. The van der Waals surface area contributed by atoms with Gasteiger partial charge in [0.1, 0.15) is 5.75 Å². The van der Waals surface area contributed by atoms with Crippen molar-refractivity contribution in [1.29, 1.82) is 0 Å². The Balaban J connectivity index is 1.61. The van der Waals surface area contributed by atoms with Gasteiger partial charge < -0.3 is 14.0 Å². The molecule has 0 bridgehead atoms. The molecule has 1 aromatic heterocycles. The van der Waals surface area contributed by atoms with Gasteiger partial charge in [-0.15, -0.1) is 0 Å². The van der Waals surface area contributed by atoms with Crippen LogP contribution in [-0.2, 0) is 14.6 Å². The van der Waals surface area contributed by atoms with E-state index in [1.807, 2.05) is 11.5 Å². The maximum atomic E-state index is 12.7. The lowest BCUT2D eigenvalue weighted by atomic mass is 10.1. The number of carbonyl (C=O) groups excluding carboxylic acids is 2. The summed E-state index contributed by atoms with van der Waals surface area (Å²) in [5.41, 5.74) is 2.33. The zero-order valence-corrected chi connectivity index (χ0v) is 19.0. The van der Waals surface area contributed by atoms with E-state index in [0.717, 1.165) is 18.5 Å². The highest BCUT2D eigenvalue weighted by molar-refractivity contribution is 7.91. The molecule has 2 heterocycles. The van der Waals surface area contributed by atoms with E-state index in [2.05, 4.69) is 6.92 Å². The highest BCUT2D eigenvalue weighted by Gasteiger charge is 2.31. The molecule has 0 spiro atoms. The third-order valence-corrected chi connectivity index (χ3v) is 7.30. The molecule has 1 aliphatic rings. The summed E-state index contributed by atoms with van der Waals surface area (Å²) in [7, 11) is -3.03. The standard InChI is InChI=1S/C23H29NO6S/c1-4-5-11-29-20-8-6-18(7-9-20)23(26)30-14-22(25)21-13-16(2)24(17(21)3)19-10-12-31(27,28)15-19/h6-9,13,19H,4-5,10-12,14-15H2,1-3H3/t19-/m1/s1. The average Bonchev–Trinajstić information content (AvgIpc) is 3.24. The van der Waals surface area contributed by atoms with Crippen molar-refractivity contribution in [3.05, 3.63) is 52.8 Å². The lowest BCUT2D eigenvalue weighted by Gasteiger charge is -2.16. The fourth-order valence-corrected chi connectivity index (χ4v) is 5.61. The molecular weight excluding hydrogens is 418 g/mol. The second-order valence-electron chi connectivity index (χ2n) is 7.94. The number of esters is 1. The SMILES string of the molecule is CCCCOc1ccc(C(=O)OCC(=O)c2cc(C)n([C@@H]3CCS(=O)(=O)C3)c2C)cc1. The van der Waals surface area contributed by atoms with Crippen LogP contribution in [0.3, 0.4) is 0 Å². The Morgan fingerprint density at radius 2 is 1.87 bits per heavy atom. The van der Waals surface area contributed by atoms with Crippen LogP contribution in [0, 0.1) is 13.8 Å². The van der Waals surface area contributed by atoms with Crippen LogP contribution in [0.25, 0.3) is 0 Å². The van der Waals surface area contributed by atoms with E-state index in [1.54, 1.807) is 37.3 Å². The molecule has 168 valence electrons. The minimum absolute atomic E-state index is 0.0874. The lowest BCUT2D eigenvalue weighted by Crippen LogP contribution is -2.17. The summed E-state index contributed by atoms with van der Waals surface area (Å²) < 4.78 is 36.4. The first-order valence-electron chi connectivity index (χ1n) is 10.5. The van der Waals surface area contributed by atoms with Gasteiger partial charge in [-0.1, -0.05) is 13.3 Å². The first-order valence-corrected chi connectivity index (χ1v) is 12.4. The number of aromatic nitrogens is 1. The highest BCUT2D eigenvalue weighted by atomic mass is 32.2. The Labute approximate surface area is 183 Å². The van der Waals surface area contributed by atoms with Crippen molar-refractivity contribution in [3.8, 4) is 5.75 Å². The van der Waals surface area contributed by atoms with E-state index in [4.69, 9.17) is 9.47 Å². The molecule has 1 atom stereocenters. The number of sulfone groups is 1. The molecule has 1 fully saturated rings. The van der Waals surface area contributed by atoms with Crippen LogP contribution in [0.15, 0.2) is 30.3 Å². The second-order valence-corrected chi connectivity index (χ2v) is 10.2. The minimum atomic E-state index is -3.03. The molecule has 0 aliphatic carbocycles. The third-order valence-electron chi connectivity index (χ3n) is 5.55. The van der Waals surface area contributed by atoms with Crippen LogP contribution in [0.1, 0.15) is 64.3 Å². The van der Waals surface area contributed by atoms with Crippen LogP contribution in [0.5, 0.6) is 5.75 Å². The van der Waals surface area contributed by atoms with E-state index < -0.39 is 15.8 Å². The molecule has 1 saturated heterocycles. The fourth-order valence-electron chi connectivity index (χ4n) is 3.91. The molecule has 0 amide bonds. The van der Waals surface area contributed by atoms with Crippen molar-refractivity contribution in [2.24, 2.45) is 0 Å². The molecule has 0 N–H and O–H groups in total. The predicted molar refractivity (Wildman–Crippen MR) is 118 cm³/mol. The van der Waals surface area contributed by atoms with E-state index >= 15 is 0 Å². The van der Waals surface area contributed by atoms with Gasteiger partial charge in [0.15, 0.2) is 16.4 Å². The van der Waals surface area contributed by atoms with Crippen molar-refractivity contribution < 1.29 is 27.5 Å². The number of ketones is 1. The van der Waals surface area contributed by atoms with E-state index in [1.165, 1.54) is 0 Å². The summed E-state index contributed by atoms with van der Waals surface area (Å²) in [6.07, 6.45) is 2.54. The Kier molecular flexibility index (Phi) is 7.20. The van der Waals surface area contributed by atoms with E-state index in [0.29, 0.717) is 35.6 Å². The zero-order chi connectivity index (χ0) is 22.6. The van der Waals surface area contributed by atoms with Gasteiger partial charge in [0.2, 0.25) is 5.78 Å². The van der Waals surface area contributed by atoms with Gasteiger partial charge in [0.05, 0.1) is 23.7 Å². The van der Waals surface area contributed by atoms with Crippen molar-refractivity contribution in [1.82, 2.24) is 4.57 Å². The van der Waals surface area contributed by atoms with Gasteiger partial charge in [-0.25, -0.2) is 13.2 Å². The van der Waals surface area contributed by atoms with Gasteiger partial charge in [-0.3, -0.25) is 4.79 Å². The summed E-state index contributed by atoms with van der Waals surface area (Å²) in [6.45, 7) is 5.98. The molecule has 3 rings (SSSR count). The molecule has 0 radical (unpaired) electrons. The number of aryl methyl sites for hydroxylation is 1. The lowest BCUT2D eigenvalue weighted by molar-refractivity contribution is 0.0474. The molecule has 1 aliphatic heterocycles. The number of hydrogen-bond acceptors (Lipinski definition) is 6. The number of benzene rings is 1. The molecule has 1 aromatic carbocycles. The summed E-state index contributed by atoms with van der Waals surface area (Å²) >= 11 is 0. The first kappa shape index (κ1) is 23.1. The van der Waals surface area contributed by atoms with E-state index in [9.17, 15) is 18.0 Å². The van der Waals surface area contributed by atoms with Crippen LogP contribution in [0.4, 0.5) is 0 Å². The predicted octanol–water partition coefficient (Wildman–Crippen LogP) is 3.68. The zero-order valence-electron chi connectivity index (χ0n) is 18.2. The number of nitrogens with zero attached hydrogens (tertiary/aromatic N) is 1. The van der Waals surface area contributed by atoms with Crippen molar-refractivity contribution in [2.75, 3.05) is 24.7 Å². The van der Waals surface area contributed by atoms with Gasteiger partial charge >= 0.3 is 5.97 Å². The summed E-state index contributed by atoms with van der Waals surface area (Å²) in [4.78, 5) is 25.0. The van der Waals surface area contributed by atoms with Crippen molar-refractivity contribution in [3.63, 3.8) is 0 Å². The summed E-state index contributed by atoms with van der Waals surface area (Å²) in [6, 6.07) is 8.21. The Morgan fingerprint density at radius 1 is 1.16 bits per heavy atom. The summed E-state index contributed by atoms with van der Waals surface area (Å²) in [5, 5.41) is 0. The topological polar surface area (TPSA) is 91.7 Å². The molecular formula is C23H29NO6S. The van der Waals surface area contributed by atoms with Gasteiger partial charge in [-0.2, -0.15) is 0 Å². The molecule has 0 saturated carbocycles. The third kappa shape index (κ3) is 5.55. The molecule has 31 heavy (non-hydrogen) atoms. The van der Waals surface area contributed by atoms with Crippen LogP contribution >= 0.6 is 0 Å². The van der Waals surface area contributed by atoms with Gasteiger partial charge in [0.25, 0.3) is 0 Å². The normalized spacial score (nSPS) is 17.5. The number of rotatable bonds is 9. The largest absolute Gasteiger partial charge is 0.494 e. The minimum Gasteiger partial charge on any atom is -0.494 e. The van der Waals surface area contributed by atoms with E-state index in [-0.39, 0.29) is 29.9 Å². The number of Topliss-reactive ketones (excluding diaryl/α,β-unsaturated/α-hetero) is 1. The monoisotopic (exact) mass is 447 g/mol. The number of carbonyl (C=O) groups is 2. The second kappa shape index (κ2) is 9.68. The Morgan fingerprint density at radius 3 is 2.48 bits per heavy atom.